The average molecular weight is 251 g/mol. The summed E-state index contributed by atoms with van der Waals surface area (Å²) in [5.41, 5.74) is 0.827. The van der Waals surface area contributed by atoms with E-state index in [1.54, 1.807) is 12.1 Å². The van der Waals surface area contributed by atoms with Crippen molar-refractivity contribution in [1.29, 1.82) is 0 Å². The number of nitrogens with zero attached hydrogens (tertiary/aromatic N) is 1. The molecule has 1 aromatic carbocycles. The Labute approximate surface area is 107 Å². The lowest BCUT2D eigenvalue weighted by Gasteiger charge is -2.20. The number of hydrogen-bond acceptors (Lipinski definition) is 3. The third kappa shape index (κ3) is 3.54. The quantitative estimate of drug-likeness (QED) is 0.784. The molecule has 0 unspecified atom stereocenters. The van der Waals surface area contributed by atoms with Gasteiger partial charge in [-0.1, -0.05) is 25.0 Å². The molecule has 0 saturated carbocycles. The van der Waals surface area contributed by atoms with Crippen molar-refractivity contribution in [2.45, 2.75) is 32.2 Å². The molecule has 18 heavy (non-hydrogen) atoms. The molecule has 1 heterocycles. The Morgan fingerprint density at radius 2 is 1.78 bits per heavy atom. The van der Waals surface area contributed by atoms with Crippen LogP contribution in [0.2, 0.25) is 0 Å². The van der Waals surface area contributed by atoms with Gasteiger partial charge in [-0.15, -0.1) is 0 Å². The first-order valence-corrected chi connectivity index (χ1v) is 6.53. The SMILES string of the molecule is OB(O)c1ccc(CN2CCCCCC2)c(F)c1. The highest BCUT2D eigenvalue weighted by molar-refractivity contribution is 6.58. The van der Waals surface area contributed by atoms with E-state index in [4.69, 9.17) is 10.0 Å². The summed E-state index contributed by atoms with van der Waals surface area (Å²) in [7, 11) is -1.60. The molecule has 1 aromatic rings. The standard InChI is InChI=1S/C13H19BFNO2/c15-13-9-12(14(17)18)6-5-11(13)10-16-7-3-1-2-4-8-16/h5-6,9,17-18H,1-4,7-8,10H2. The van der Waals surface area contributed by atoms with E-state index in [1.165, 1.54) is 31.7 Å². The van der Waals surface area contributed by atoms with Crippen LogP contribution in [0.5, 0.6) is 0 Å². The predicted molar refractivity (Wildman–Crippen MR) is 70.0 cm³/mol. The van der Waals surface area contributed by atoms with Gasteiger partial charge in [0.25, 0.3) is 0 Å². The van der Waals surface area contributed by atoms with Crippen LogP contribution in [0, 0.1) is 5.82 Å². The summed E-state index contributed by atoms with van der Waals surface area (Å²) in [5, 5.41) is 18.0. The lowest BCUT2D eigenvalue weighted by Crippen LogP contribution is -2.31. The smallest absolute Gasteiger partial charge is 0.423 e. The number of hydrogen-bond donors (Lipinski definition) is 2. The number of benzene rings is 1. The fraction of sp³-hybridized carbons (Fsp3) is 0.538. The second-order valence-corrected chi connectivity index (χ2v) is 4.91. The second-order valence-electron chi connectivity index (χ2n) is 4.91. The third-order valence-electron chi connectivity index (χ3n) is 3.47. The van der Waals surface area contributed by atoms with Gasteiger partial charge in [0.05, 0.1) is 0 Å². The maximum atomic E-state index is 13.8. The van der Waals surface area contributed by atoms with Crippen LogP contribution in [0.1, 0.15) is 31.2 Å². The highest BCUT2D eigenvalue weighted by Gasteiger charge is 2.15. The number of halogens is 1. The summed E-state index contributed by atoms with van der Waals surface area (Å²) in [5.74, 6) is -0.357. The van der Waals surface area contributed by atoms with E-state index in [1.807, 2.05) is 0 Å². The monoisotopic (exact) mass is 251 g/mol. The molecule has 1 aliphatic heterocycles. The van der Waals surface area contributed by atoms with Crippen molar-refractivity contribution in [3.8, 4) is 0 Å². The van der Waals surface area contributed by atoms with E-state index in [2.05, 4.69) is 4.90 Å². The molecule has 0 amide bonds. The van der Waals surface area contributed by atoms with Crippen LogP contribution >= 0.6 is 0 Å². The van der Waals surface area contributed by atoms with Crippen molar-refractivity contribution in [1.82, 2.24) is 4.90 Å². The van der Waals surface area contributed by atoms with E-state index in [0.717, 1.165) is 13.1 Å². The van der Waals surface area contributed by atoms with Gasteiger partial charge >= 0.3 is 7.12 Å². The van der Waals surface area contributed by atoms with Crippen LogP contribution in [0.25, 0.3) is 0 Å². The fourth-order valence-electron chi connectivity index (χ4n) is 2.39. The summed E-state index contributed by atoms with van der Waals surface area (Å²) in [4.78, 5) is 2.26. The molecule has 2 rings (SSSR count). The Hall–Kier alpha value is -0.905. The first-order valence-electron chi connectivity index (χ1n) is 6.53. The normalized spacial score (nSPS) is 17.5. The van der Waals surface area contributed by atoms with E-state index >= 15 is 0 Å². The molecule has 0 bridgehead atoms. The van der Waals surface area contributed by atoms with E-state index < -0.39 is 7.12 Å². The second kappa shape index (κ2) is 6.32. The molecule has 98 valence electrons. The number of rotatable bonds is 3. The zero-order valence-electron chi connectivity index (χ0n) is 10.5. The number of likely N-dealkylation sites (tertiary alicyclic amines) is 1. The molecule has 0 aromatic heterocycles. The minimum atomic E-state index is -1.60. The van der Waals surface area contributed by atoms with Crippen LogP contribution in [0.3, 0.4) is 0 Å². The van der Waals surface area contributed by atoms with Crippen molar-refractivity contribution in [2.75, 3.05) is 13.1 Å². The van der Waals surface area contributed by atoms with E-state index in [9.17, 15) is 4.39 Å². The minimum absolute atomic E-state index is 0.201. The molecule has 0 atom stereocenters. The molecule has 1 fully saturated rings. The van der Waals surface area contributed by atoms with Gasteiger partial charge in [-0.05, 0) is 37.5 Å². The molecule has 2 N–H and O–H groups in total. The molecule has 0 spiro atoms. The lowest BCUT2D eigenvalue weighted by molar-refractivity contribution is 0.273. The highest BCUT2D eigenvalue weighted by Crippen LogP contribution is 2.14. The zero-order valence-corrected chi connectivity index (χ0v) is 10.5. The van der Waals surface area contributed by atoms with Gasteiger partial charge in [-0.25, -0.2) is 4.39 Å². The zero-order chi connectivity index (χ0) is 13.0. The van der Waals surface area contributed by atoms with Gasteiger partial charge in [-0.3, -0.25) is 4.90 Å². The topological polar surface area (TPSA) is 43.7 Å². The predicted octanol–water partition coefficient (Wildman–Crippen LogP) is 0.881. The van der Waals surface area contributed by atoms with Crippen LogP contribution in [-0.2, 0) is 6.54 Å². The first-order chi connectivity index (χ1) is 8.66. The van der Waals surface area contributed by atoms with Crippen LogP contribution in [0.15, 0.2) is 18.2 Å². The summed E-state index contributed by atoms with van der Waals surface area (Å²) in [6, 6.07) is 4.42. The van der Waals surface area contributed by atoms with Gasteiger partial charge in [0.2, 0.25) is 0 Å². The summed E-state index contributed by atoms with van der Waals surface area (Å²) >= 11 is 0. The Balaban J connectivity index is 2.04. The van der Waals surface area contributed by atoms with Crippen LogP contribution in [-0.4, -0.2) is 35.2 Å². The average Bonchev–Trinajstić information content (AvgIpc) is 2.60. The van der Waals surface area contributed by atoms with E-state index in [-0.39, 0.29) is 11.3 Å². The van der Waals surface area contributed by atoms with Gasteiger partial charge in [0.1, 0.15) is 5.82 Å². The lowest BCUT2D eigenvalue weighted by atomic mass is 9.80. The van der Waals surface area contributed by atoms with Gasteiger partial charge < -0.3 is 10.0 Å². The summed E-state index contributed by atoms with van der Waals surface area (Å²) < 4.78 is 13.8. The van der Waals surface area contributed by atoms with E-state index in [0.29, 0.717) is 12.1 Å². The first kappa shape index (κ1) is 13.5. The van der Waals surface area contributed by atoms with Crippen molar-refractivity contribution in [3.63, 3.8) is 0 Å². The maximum Gasteiger partial charge on any atom is 0.488 e. The van der Waals surface area contributed by atoms with Crippen LogP contribution in [0.4, 0.5) is 4.39 Å². The van der Waals surface area contributed by atoms with Crippen molar-refractivity contribution < 1.29 is 14.4 Å². The Kier molecular flexibility index (Phi) is 4.75. The molecule has 1 saturated heterocycles. The van der Waals surface area contributed by atoms with Crippen molar-refractivity contribution in [2.24, 2.45) is 0 Å². The molecule has 5 heteroatoms. The maximum absolute atomic E-state index is 13.8. The van der Waals surface area contributed by atoms with Gasteiger partial charge in [0, 0.05) is 12.1 Å². The molecule has 1 aliphatic rings. The summed E-state index contributed by atoms with van der Waals surface area (Å²) in [6.45, 7) is 2.64. The summed E-state index contributed by atoms with van der Waals surface area (Å²) in [6.07, 6.45) is 4.87. The Morgan fingerprint density at radius 3 is 2.33 bits per heavy atom. The minimum Gasteiger partial charge on any atom is -0.423 e. The molecule has 0 radical (unpaired) electrons. The highest BCUT2D eigenvalue weighted by atomic mass is 19.1. The van der Waals surface area contributed by atoms with Crippen molar-refractivity contribution >= 4 is 12.6 Å². The Morgan fingerprint density at radius 1 is 1.11 bits per heavy atom. The fourth-order valence-corrected chi connectivity index (χ4v) is 2.39. The molecule has 3 nitrogen and oxygen atoms in total. The Bertz CT molecular complexity index is 393. The van der Waals surface area contributed by atoms with Gasteiger partial charge in [-0.2, -0.15) is 0 Å². The molecular formula is C13H19BFNO2. The van der Waals surface area contributed by atoms with Crippen molar-refractivity contribution in [3.05, 3.63) is 29.6 Å². The van der Waals surface area contributed by atoms with Crippen LogP contribution < -0.4 is 5.46 Å². The third-order valence-corrected chi connectivity index (χ3v) is 3.47. The largest absolute Gasteiger partial charge is 0.488 e. The molecule has 0 aliphatic carbocycles. The van der Waals surface area contributed by atoms with Gasteiger partial charge in [0.15, 0.2) is 0 Å². The molecular weight excluding hydrogens is 232 g/mol.